The summed E-state index contributed by atoms with van der Waals surface area (Å²) in [5.41, 5.74) is 0.310. The number of benzene rings is 1. The third-order valence-corrected chi connectivity index (χ3v) is 2.55. The predicted molar refractivity (Wildman–Crippen MR) is 71.8 cm³/mol. The minimum Gasteiger partial charge on any atom is -0.872 e. The van der Waals surface area contributed by atoms with Crippen LogP contribution in [0.4, 0.5) is 0 Å². The van der Waals surface area contributed by atoms with Gasteiger partial charge in [-0.25, -0.2) is 4.79 Å². The van der Waals surface area contributed by atoms with Gasteiger partial charge < -0.3 is 14.6 Å². The smallest absolute Gasteiger partial charge is 0.378 e. The molecule has 0 amide bonds. The lowest BCUT2D eigenvalue weighted by Gasteiger charge is -2.12. The molecule has 5 nitrogen and oxygen atoms in total. The van der Waals surface area contributed by atoms with E-state index in [9.17, 15) is 14.7 Å². The summed E-state index contributed by atoms with van der Waals surface area (Å²) in [5.74, 6) is -1.91. The van der Waals surface area contributed by atoms with E-state index >= 15 is 0 Å². The van der Waals surface area contributed by atoms with Crippen LogP contribution in [0.5, 0.6) is 5.75 Å². The molecule has 5 heteroatoms. The Morgan fingerprint density at radius 1 is 1.25 bits per heavy atom. The van der Waals surface area contributed by atoms with Crippen LogP contribution in [0, 0.1) is 0 Å². The highest BCUT2D eigenvalue weighted by Gasteiger charge is 2.09. The van der Waals surface area contributed by atoms with Crippen molar-refractivity contribution in [2.45, 2.75) is 19.8 Å². The lowest BCUT2D eigenvalue weighted by Crippen LogP contribution is -2.15. The van der Waals surface area contributed by atoms with Gasteiger partial charge in [0.05, 0.1) is 13.7 Å². The average Bonchev–Trinajstić information content (AvgIpc) is 2.47. The maximum Gasteiger partial charge on any atom is 0.378 e. The summed E-state index contributed by atoms with van der Waals surface area (Å²) in [6, 6.07) is 6.40. The highest BCUT2D eigenvalue weighted by Crippen LogP contribution is 2.16. The fourth-order valence-electron chi connectivity index (χ4n) is 1.41. The van der Waals surface area contributed by atoms with Gasteiger partial charge in [-0.1, -0.05) is 31.2 Å². The van der Waals surface area contributed by atoms with E-state index < -0.39 is 17.5 Å². The molecule has 0 saturated carbocycles. The molecule has 0 aliphatic rings. The number of carbonyl (C=O) groups excluding carboxylic acids is 2. The molecule has 0 saturated heterocycles. The second-order valence-corrected chi connectivity index (χ2v) is 4.09. The van der Waals surface area contributed by atoms with E-state index in [1.54, 1.807) is 24.3 Å². The first-order chi connectivity index (χ1) is 9.58. The van der Waals surface area contributed by atoms with Crippen LogP contribution in [0.3, 0.4) is 0 Å². The first kappa shape index (κ1) is 15.8. The molecule has 0 fully saturated rings. The van der Waals surface area contributed by atoms with Crippen LogP contribution in [-0.2, 0) is 14.3 Å². The Hall–Kier alpha value is -2.30. The van der Waals surface area contributed by atoms with Crippen molar-refractivity contribution >= 4 is 17.5 Å². The molecule has 0 aliphatic heterocycles. The largest absolute Gasteiger partial charge is 0.872 e. The van der Waals surface area contributed by atoms with Gasteiger partial charge >= 0.3 is 5.97 Å². The molecule has 0 heterocycles. The molecule has 0 aliphatic carbocycles. The maximum atomic E-state index is 11.7. The molecular weight excluding hydrogens is 260 g/mol. The van der Waals surface area contributed by atoms with Crippen LogP contribution >= 0.6 is 0 Å². The Labute approximate surface area is 117 Å². The fourth-order valence-corrected chi connectivity index (χ4v) is 1.41. The molecule has 0 bridgehead atoms. The maximum absolute atomic E-state index is 11.7. The van der Waals surface area contributed by atoms with Crippen molar-refractivity contribution in [2.75, 3.05) is 13.7 Å². The molecule has 0 unspecified atom stereocenters. The number of hydrogen-bond donors (Lipinski definition) is 0. The zero-order chi connectivity index (χ0) is 15.0. The number of carbonyl (C=O) groups is 2. The molecule has 20 heavy (non-hydrogen) atoms. The highest BCUT2D eigenvalue weighted by atomic mass is 16.5. The van der Waals surface area contributed by atoms with Crippen LogP contribution < -0.4 is 9.84 Å². The second kappa shape index (κ2) is 7.99. The minimum absolute atomic E-state index is 0.310. The van der Waals surface area contributed by atoms with E-state index in [1.807, 2.05) is 0 Å². The van der Waals surface area contributed by atoms with E-state index in [-0.39, 0.29) is 0 Å². The lowest BCUT2D eigenvalue weighted by molar-refractivity contribution is -0.243. The number of hydrogen-bond acceptors (Lipinski definition) is 5. The predicted octanol–water partition coefficient (Wildman–Crippen LogP) is 1.31. The third kappa shape index (κ3) is 4.76. The quantitative estimate of drug-likeness (QED) is 0.247. The van der Waals surface area contributed by atoms with Gasteiger partial charge in [0.1, 0.15) is 5.75 Å². The molecule has 1 rings (SSSR count). The Balaban J connectivity index is 2.70. The van der Waals surface area contributed by atoms with Crippen molar-refractivity contribution < 1.29 is 24.2 Å². The summed E-state index contributed by atoms with van der Waals surface area (Å²) >= 11 is 0. The Bertz CT molecular complexity index is 487. The van der Waals surface area contributed by atoms with Gasteiger partial charge in [-0.05, 0) is 30.2 Å². The van der Waals surface area contributed by atoms with Crippen molar-refractivity contribution in [3.05, 3.63) is 35.9 Å². The number of unbranched alkanes of at least 4 members (excludes halogenated alkanes) is 1. The number of methoxy groups -OCH3 is 1. The minimum atomic E-state index is -1.06. The second-order valence-electron chi connectivity index (χ2n) is 4.09. The van der Waals surface area contributed by atoms with Gasteiger partial charge in [0.2, 0.25) is 0 Å². The highest BCUT2D eigenvalue weighted by molar-refractivity contribution is 6.39. The van der Waals surface area contributed by atoms with Crippen LogP contribution in [0.25, 0.3) is 5.76 Å². The molecule has 0 atom stereocenters. The van der Waals surface area contributed by atoms with E-state index in [0.717, 1.165) is 26.0 Å². The third-order valence-electron chi connectivity index (χ3n) is 2.55. The zero-order valence-corrected chi connectivity index (χ0v) is 11.5. The fraction of sp³-hybridized carbons (Fsp3) is 0.333. The normalized spacial score (nSPS) is 11.0. The number of rotatable bonds is 7. The van der Waals surface area contributed by atoms with Crippen LogP contribution in [0.15, 0.2) is 30.3 Å². The van der Waals surface area contributed by atoms with Crippen molar-refractivity contribution in [3.8, 4) is 5.75 Å². The van der Waals surface area contributed by atoms with Crippen molar-refractivity contribution in [3.63, 3.8) is 0 Å². The van der Waals surface area contributed by atoms with Crippen LogP contribution in [0.2, 0.25) is 0 Å². The van der Waals surface area contributed by atoms with Gasteiger partial charge in [0.25, 0.3) is 5.78 Å². The topological polar surface area (TPSA) is 75.7 Å². The molecule has 1 aromatic rings. The SMILES string of the molecule is CCCCOc1ccc(/C([O-])=C/C(=O)C(=O)OC)cc1. The van der Waals surface area contributed by atoms with Crippen molar-refractivity contribution in [1.29, 1.82) is 0 Å². The number of esters is 1. The van der Waals surface area contributed by atoms with E-state index in [2.05, 4.69) is 11.7 Å². The number of ether oxygens (including phenoxy) is 2. The Kier molecular flexibility index (Phi) is 6.29. The van der Waals surface area contributed by atoms with E-state index in [1.165, 1.54) is 0 Å². The standard InChI is InChI=1S/C15H18O5/c1-3-4-9-20-12-7-5-11(6-8-12)13(16)10-14(17)15(18)19-2/h5-8,10,16H,3-4,9H2,1-2H3/p-1/b13-10-. The first-order valence-corrected chi connectivity index (χ1v) is 6.32. The Morgan fingerprint density at radius 3 is 2.45 bits per heavy atom. The number of ketones is 1. The first-order valence-electron chi connectivity index (χ1n) is 6.32. The summed E-state index contributed by atoms with van der Waals surface area (Å²) in [4.78, 5) is 22.1. The van der Waals surface area contributed by atoms with E-state index in [0.29, 0.717) is 17.9 Å². The Morgan fingerprint density at radius 2 is 1.90 bits per heavy atom. The van der Waals surface area contributed by atoms with Gasteiger partial charge in [0.15, 0.2) is 0 Å². The summed E-state index contributed by atoms with van der Waals surface area (Å²) in [6.07, 6.45) is 2.72. The van der Waals surface area contributed by atoms with Crippen LogP contribution in [-0.4, -0.2) is 25.5 Å². The lowest BCUT2D eigenvalue weighted by atomic mass is 10.1. The monoisotopic (exact) mass is 277 g/mol. The zero-order valence-electron chi connectivity index (χ0n) is 11.5. The van der Waals surface area contributed by atoms with E-state index in [4.69, 9.17) is 4.74 Å². The summed E-state index contributed by atoms with van der Waals surface area (Å²) < 4.78 is 9.69. The molecule has 0 aromatic heterocycles. The van der Waals surface area contributed by atoms with Crippen molar-refractivity contribution in [1.82, 2.24) is 0 Å². The molecule has 108 valence electrons. The molecule has 0 N–H and O–H groups in total. The summed E-state index contributed by atoms with van der Waals surface area (Å²) in [6.45, 7) is 2.69. The molecular formula is C15H17O5-. The van der Waals surface area contributed by atoms with Gasteiger partial charge in [-0.2, -0.15) is 0 Å². The van der Waals surface area contributed by atoms with Crippen molar-refractivity contribution in [2.24, 2.45) is 0 Å². The van der Waals surface area contributed by atoms with Gasteiger partial charge in [-0.15, -0.1) is 0 Å². The molecule has 0 spiro atoms. The average molecular weight is 277 g/mol. The van der Waals surface area contributed by atoms with Crippen LogP contribution in [0.1, 0.15) is 25.3 Å². The molecule has 0 radical (unpaired) electrons. The van der Waals surface area contributed by atoms with Gasteiger partial charge in [-0.3, -0.25) is 4.79 Å². The van der Waals surface area contributed by atoms with Gasteiger partial charge in [0, 0.05) is 0 Å². The molecule has 1 aromatic carbocycles. The summed E-state index contributed by atoms with van der Waals surface area (Å²) in [7, 11) is 1.08. The summed E-state index contributed by atoms with van der Waals surface area (Å²) in [5, 5.41) is 11.7.